The van der Waals surface area contributed by atoms with Crippen LogP contribution in [-0.4, -0.2) is 17.6 Å². The Labute approximate surface area is 138 Å². The summed E-state index contributed by atoms with van der Waals surface area (Å²) in [5.41, 5.74) is 1.85. The maximum absolute atomic E-state index is 13.1. The first-order valence-corrected chi connectivity index (χ1v) is 7.45. The lowest BCUT2D eigenvalue weighted by Crippen LogP contribution is -2.23. The highest BCUT2D eigenvalue weighted by molar-refractivity contribution is 5.60. The number of oxazole rings is 1. The fraction of sp³-hybridized carbons (Fsp3) is 0.167. The highest BCUT2D eigenvalue weighted by atomic mass is 19.2. The van der Waals surface area contributed by atoms with Gasteiger partial charge in [0, 0.05) is 17.3 Å². The molecule has 124 valence electrons. The molecule has 0 spiro atoms. The van der Waals surface area contributed by atoms with E-state index in [1.54, 1.807) is 6.20 Å². The van der Waals surface area contributed by atoms with E-state index < -0.39 is 11.6 Å². The second-order valence-electron chi connectivity index (χ2n) is 5.38. The number of halogens is 2. The maximum atomic E-state index is 13.1. The van der Waals surface area contributed by atoms with Gasteiger partial charge in [-0.15, -0.1) is 0 Å². The lowest BCUT2D eigenvalue weighted by atomic mass is 10.1. The number of hydrogen-bond acceptors (Lipinski definition) is 4. The molecule has 6 heteroatoms. The molecule has 3 aromatic rings. The molecule has 0 aliphatic heterocycles. The number of benzene rings is 2. The Balaban J connectivity index is 1.54. The molecule has 3 rings (SSSR count). The molecule has 1 unspecified atom stereocenters. The SMILES string of the molecule is CC(COc1ccc(F)c(F)c1)Nc1ccc(-c2cnco2)cc1. The van der Waals surface area contributed by atoms with Crippen molar-refractivity contribution in [2.45, 2.75) is 13.0 Å². The normalized spacial score (nSPS) is 12.0. The average molecular weight is 330 g/mol. The van der Waals surface area contributed by atoms with Gasteiger partial charge >= 0.3 is 0 Å². The molecule has 1 heterocycles. The van der Waals surface area contributed by atoms with Crippen molar-refractivity contribution in [1.29, 1.82) is 0 Å². The van der Waals surface area contributed by atoms with Crippen molar-refractivity contribution in [1.82, 2.24) is 4.98 Å². The summed E-state index contributed by atoms with van der Waals surface area (Å²) in [6.07, 6.45) is 3.04. The summed E-state index contributed by atoms with van der Waals surface area (Å²) in [6.45, 7) is 2.25. The number of nitrogens with one attached hydrogen (secondary N) is 1. The van der Waals surface area contributed by atoms with E-state index in [-0.39, 0.29) is 6.04 Å². The zero-order chi connectivity index (χ0) is 16.9. The predicted molar refractivity (Wildman–Crippen MR) is 86.9 cm³/mol. The molecular formula is C18H16F2N2O2. The Morgan fingerprint density at radius 3 is 2.58 bits per heavy atom. The third-order valence-corrected chi connectivity index (χ3v) is 3.41. The summed E-state index contributed by atoms with van der Waals surface area (Å²) in [7, 11) is 0. The first-order chi connectivity index (χ1) is 11.6. The first kappa shape index (κ1) is 16.0. The van der Waals surface area contributed by atoms with Crippen molar-refractivity contribution >= 4 is 5.69 Å². The number of anilines is 1. The summed E-state index contributed by atoms with van der Waals surface area (Å²) < 4.78 is 36.7. The van der Waals surface area contributed by atoms with Gasteiger partial charge in [0.25, 0.3) is 0 Å². The first-order valence-electron chi connectivity index (χ1n) is 7.45. The van der Waals surface area contributed by atoms with Crippen LogP contribution in [0.1, 0.15) is 6.92 Å². The van der Waals surface area contributed by atoms with Crippen molar-refractivity contribution in [3.8, 4) is 17.1 Å². The highest BCUT2D eigenvalue weighted by Gasteiger charge is 2.07. The van der Waals surface area contributed by atoms with E-state index in [0.717, 1.165) is 23.4 Å². The van der Waals surface area contributed by atoms with Gasteiger partial charge in [0.2, 0.25) is 0 Å². The van der Waals surface area contributed by atoms with Crippen LogP contribution in [0.2, 0.25) is 0 Å². The molecule has 0 fully saturated rings. The largest absolute Gasteiger partial charge is 0.491 e. The third-order valence-electron chi connectivity index (χ3n) is 3.41. The lowest BCUT2D eigenvalue weighted by Gasteiger charge is -2.16. The van der Waals surface area contributed by atoms with Crippen LogP contribution in [0.3, 0.4) is 0 Å². The van der Waals surface area contributed by atoms with Crippen LogP contribution < -0.4 is 10.1 Å². The topological polar surface area (TPSA) is 47.3 Å². The minimum absolute atomic E-state index is 0.0192. The summed E-state index contributed by atoms with van der Waals surface area (Å²) in [5, 5.41) is 3.27. The summed E-state index contributed by atoms with van der Waals surface area (Å²) >= 11 is 0. The van der Waals surface area contributed by atoms with Gasteiger partial charge < -0.3 is 14.5 Å². The maximum Gasteiger partial charge on any atom is 0.181 e. The predicted octanol–water partition coefficient (Wildman–Crippen LogP) is 4.50. The average Bonchev–Trinajstić information content (AvgIpc) is 3.11. The molecule has 0 amide bonds. The Bertz CT molecular complexity index is 789. The van der Waals surface area contributed by atoms with Crippen molar-refractivity contribution in [3.05, 3.63) is 66.7 Å². The van der Waals surface area contributed by atoms with Crippen LogP contribution in [0, 0.1) is 11.6 Å². The van der Waals surface area contributed by atoms with E-state index in [1.807, 2.05) is 31.2 Å². The molecule has 1 atom stereocenters. The Morgan fingerprint density at radius 1 is 1.12 bits per heavy atom. The van der Waals surface area contributed by atoms with Gasteiger partial charge in [-0.3, -0.25) is 0 Å². The van der Waals surface area contributed by atoms with E-state index in [2.05, 4.69) is 10.3 Å². The zero-order valence-electron chi connectivity index (χ0n) is 13.0. The molecule has 0 aliphatic carbocycles. The molecule has 4 nitrogen and oxygen atoms in total. The number of aromatic nitrogens is 1. The Morgan fingerprint density at radius 2 is 1.92 bits per heavy atom. The van der Waals surface area contributed by atoms with Crippen molar-refractivity contribution < 1.29 is 17.9 Å². The van der Waals surface area contributed by atoms with E-state index in [0.29, 0.717) is 18.1 Å². The van der Waals surface area contributed by atoms with Crippen molar-refractivity contribution in [2.24, 2.45) is 0 Å². The molecule has 1 aromatic heterocycles. The standard InChI is InChI=1S/C18H16F2N2O2/c1-12(10-23-15-6-7-16(19)17(20)8-15)22-14-4-2-13(3-5-14)18-9-21-11-24-18/h2-9,11-12,22H,10H2,1H3. The van der Waals surface area contributed by atoms with Crippen LogP contribution >= 0.6 is 0 Å². The van der Waals surface area contributed by atoms with Gasteiger partial charge in [-0.2, -0.15) is 0 Å². The second kappa shape index (κ2) is 7.12. The van der Waals surface area contributed by atoms with Crippen molar-refractivity contribution in [2.75, 3.05) is 11.9 Å². The monoisotopic (exact) mass is 330 g/mol. The molecule has 0 radical (unpaired) electrons. The number of ether oxygens (including phenoxy) is 1. The molecule has 1 N–H and O–H groups in total. The number of hydrogen-bond donors (Lipinski definition) is 1. The van der Waals surface area contributed by atoms with Gasteiger partial charge in [0.05, 0.1) is 12.2 Å². The van der Waals surface area contributed by atoms with E-state index in [9.17, 15) is 8.78 Å². The van der Waals surface area contributed by atoms with Gasteiger partial charge in [0.15, 0.2) is 23.8 Å². The molecule has 2 aromatic carbocycles. The van der Waals surface area contributed by atoms with Crippen LogP contribution in [0.15, 0.2) is 59.5 Å². The number of rotatable bonds is 6. The second-order valence-corrected chi connectivity index (χ2v) is 5.38. The smallest absolute Gasteiger partial charge is 0.181 e. The Hall–Kier alpha value is -2.89. The minimum Gasteiger partial charge on any atom is -0.491 e. The quantitative estimate of drug-likeness (QED) is 0.723. The summed E-state index contributed by atoms with van der Waals surface area (Å²) in [6, 6.07) is 11.2. The Kier molecular flexibility index (Phi) is 4.74. The van der Waals surface area contributed by atoms with Crippen LogP contribution in [0.4, 0.5) is 14.5 Å². The number of nitrogens with zero attached hydrogens (tertiary/aromatic N) is 1. The molecule has 0 saturated heterocycles. The molecule has 24 heavy (non-hydrogen) atoms. The fourth-order valence-electron chi connectivity index (χ4n) is 2.20. The van der Waals surface area contributed by atoms with Gasteiger partial charge in [0.1, 0.15) is 12.4 Å². The van der Waals surface area contributed by atoms with Crippen LogP contribution in [-0.2, 0) is 0 Å². The van der Waals surface area contributed by atoms with Crippen LogP contribution in [0.5, 0.6) is 5.75 Å². The fourth-order valence-corrected chi connectivity index (χ4v) is 2.20. The third kappa shape index (κ3) is 3.90. The summed E-state index contributed by atoms with van der Waals surface area (Å²) in [4.78, 5) is 3.89. The van der Waals surface area contributed by atoms with E-state index in [4.69, 9.17) is 9.15 Å². The zero-order valence-corrected chi connectivity index (χ0v) is 13.0. The van der Waals surface area contributed by atoms with E-state index >= 15 is 0 Å². The highest BCUT2D eigenvalue weighted by Crippen LogP contribution is 2.21. The molecule has 0 saturated carbocycles. The summed E-state index contributed by atoms with van der Waals surface area (Å²) in [5.74, 6) is -0.809. The van der Waals surface area contributed by atoms with Gasteiger partial charge in [-0.05, 0) is 43.3 Å². The van der Waals surface area contributed by atoms with Crippen molar-refractivity contribution in [3.63, 3.8) is 0 Å². The lowest BCUT2D eigenvalue weighted by molar-refractivity contribution is 0.301. The van der Waals surface area contributed by atoms with Gasteiger partial charge in [-0.1, -0.05) is 0 Å². The molecular weight excluding hydrogens is 314 g/mol. The molecule has 0 bridgehead atoms. The van der Waals surface area contributed by atoms with E-state index in [1.165, 1.54) is 12.5 Å². The van der Waals surface area contributed by atoms with Crippen LogP contribution in [0.25, 0.3) is 11.3 Å². The van der Waals surface area contributed by atoms with Gasteiger partial charge in [-0.25, -0.2) is 13.8 Å². The molecule has 0 aliphatic rings. The minimum atomic E-state index is -0.920.